The lowest BCUT2D eigenvalue weighted by molar-refractivity contribution is 0.552. The quantitative estimate of drug-likeness (QED) is 0.657. The third-order valence-electron chi connectivity index (χ3n) is 1.78. The summed E-state index contributed by atoms with van der Waals surface area (Å²) in [6.45, 7) is 2.06. The second kappa shape index (κ2) is 2.91. The van der Waals surface area contributed by atoms with E-state index in [-0.39, 0.29) is 6.17 Å². The molecule has 4 nitrogen and oxygen atoms in total. The van der Waals surface area contributed by atoms with Crippen molar-refractivity contribution in [1.82, 2.24) is 11.0 Å². The van der Waals surface area contributed by atoms with Crippen molar-refractivity contribution in [1.29, 1.82) is 0 Å². The van der Waals surface area contributed by atoms with Gasteiger partial charge in [-0.15, -0.1) is 5.11 Å². The Labute approximate surface area is 70.6 Å². The Morgan fingerprint density at radius 1 is 1.42 bits per heavy atom. The van der Waals surface area contributed by atoms with Gasteiger partial charge in [0.15, 0.2) is 6.17 Å². The molecule has 0 fully saturated rings. The molecule has 1 aromatic carbocycles. The Morgan fingerprint density at radius 3 is 3.00 bits per heavy atom. The van der Waals surface area contributed by atoms with E-state index in [2.05, 4.69) is 40.4 Å². The van der Waals surface area contributed by atoms with Crippen LogP contribution in [-0.2, 0) is 0 Å². The fourth-order valence-electron chi connectivity index (χ4n) is 1.20. The van der Waals surface area contributed by atoms with E-state index < -0.39 is 0 Å². The molecule has 0 saturated heterocycles. The largest absolute Gasteiger partial charge is 0.222 e. The first-order valence-electron chi connectivity index (χ1n) is 3.83. The molecule has 62 valence electrons. The van der Waals surface area contributed by atoms with Crippen LogP contribution in [0.25, 0.3) is 0 Å². The molecule has 12 heavy (non-hydrogen) atoms. The average molecular weight is 162 g/mol. The molecule has 1 atom stereocenters. The lowest BCUT2D eigenvalue weighted by Gasteiger charge is -2.05. The molecule has 1 aliphatic heterocycles. The van der Waals surface area contributed by atoms with Crippen LogP contribution < -0.4 is 11.0 Å². The highest BCUT2D eigenvalue weighted by Gasteiger charge is 2.12. The van der Waals surface area contributed by atoms with Crippen molar-refractivity contribution in [3.63, 3.8) is 0 Å². The monoisotopic (exact) mass is 162 g/mol. The van der Waals surface area contributed by atoms with E-state index >= 15 is 0 Å². The maximum absolute atomic E-state index is 3.95. The maximum Gasteiger partial charge on any atom is 0.166 e. The van der Waals surface area contributed by atoms with Crippen LogP contribution in [0.3, 0.4) is 0 Å². The van der Waals surface area contributed by atoms with Gasteiger partial charge in [0.25, 0.3) is 0 Å². The van der Waals surface area contributed by atoms with Crippen LogP contribution in [-0.4, -0.2) is 0 Å². The molecule has 0 radical (unpaired) electrons. The van der Waals surface area contributed by atoms with Gasteiger partial charge >= 0.3 is 0 Å². The molecule has 0 aliphatic carbocycles. The first kappa shape index (κ1) is 7.24. The van der Waals surface area contributed by atoms with Gasteiger partial charge in [0.05, 0.1) is 0 Å². The van der Waals surface area contributed by atoms with Gasteiger partial charge in [-0.1, -0.05) is 35.1 Å². The van der Waals surface area contributed by atoms with Gasteiger partial charge in [-0.3, -0.25) is 0 Å². The minimum Gasteiger partial charge on any atom is -0.222 e. The van der Waals surface area contributed by atoms with Gasteiger partial charge in [-0.2, -0.15) is 5.43 Å². The Bertz CT molecular complexity index is 308. The van der Waals surface area contributed by atoms with Crippen LogP contribution in [0.2, 0.25) is 0 Å². The number of hydrogen-bond acceptors (Lipinski definition) is 4. The van der Waals surface area contributed by atoms with Crippen molar-refractivity contribution < 1.29 is 0 Å². The first-order valence-corrected chi connectivity index (χ1v) is 3.83. The predicted molar refractivity (Wildman–Crippen MR) is 45.0 cm³/mol. The zero-order valence-corrected chi connectivity index (χ0v) is 6.78. The number of aryl methyl sites for hydroxylation is 1. The first-order chi connectivity index (χ1) is 5.86. The van der Waals surface area contributed by atoms with E-state index in [0.717, 1.165) is 5.56 Å². The standard InChI is InChI=1S/C8H10N4/c1-6-3-2-4-7(5-6)8-9-11-12-10-8/h2-5,8H,1H3,(H,9,12)(H,10,11). The van der Waals surface area contributed by atoms with Crippen molar-refractivity contribution in [2.24, 2.45) is 10.3 Å². The molecular weight excluding hydrogens is 152 g/mol. The smallest absolute Gasteiger partial charge is 0.166 e. The second-order valence-corrected chi connectivity index (χ2v) is 2.79. The van der Waals surface area contributed by atoms with Crippen LogP contribution >= 0.6 is 0 Å². The zero-order valence-electron chi connectivity index (χ0n) is 6.78. The normalized spacial score (nSPS) is 20.9. The van der Waals surface area contributed by atoms with Crippen LogP contribution in [0, 0.1) is 6.92 Å². The molecule has 4 heteroatoms. The number of rotatable bonds is 1. The topological polar surface area (TPSA) is 48.8 Å². The summed E-state index contributed by atoms with van der Waals surface area (Å²) < 4.78 is 0. The van der Waals surface area contributed by atoms with Crippen LogP contribution in [0.15, 0.2) is 34.6 Å². The highest BCUT2D eigenvalue weighted by molar-refractivity contribution is 5.24. The Morgan fingerprint density at radius 2 is 2.33 bits per heavy atom. The third kappa shape index (κ3) is 1.29. The summed E-state index contributed by atoms with van der Waals surface area (Å²) in [6, 6.07) is 8.18. The number of benzene rings is 1. The molecule has 1 unspecified atom stereocenters. The summed E-state index contributed by atoms with van der Waals surface area (Å²) in [4.78, 5) is 0. The Kier molecular flexibility index (Phi) is 1.75. The molecule has 2 rings (SSSR count). The van der Waals surface area contributed by atoms with Crippen molar-refractivity contribution in [2.45, 2.75) is 13.1 Å². The predicted octanol–water partition coefficient (Wildman–Crippen LogP) is 1.47. The lowest BCUT2D eigenvalue weighted by atomic mass is 10.1. The van der Waals surface area contributed by atoms with Gasteiger partial charge < -0.3 is 0 Å². The summed E-state index contributed by atoms with van der Waals surface area (Å²) in [5.41, 5.74) is 7.88. The number of hydrazine groups is 1. The Balaban J connectivity index is 2.27. The molecule has 0 bridgehead atoms. The zero-order chi connectivity index (χ0) is 8.39. The second-order valence-electron chi connectivity index (χ2n) is 2.79. The minimum atomic E-state index is -0.0371. The fraction of sp³-hybridized carbons (Fsp3) is 0.250. The highest BCUT2D eigenvalue weighted by Crippen LogP contribution is 2.17. The van der Waals surface area contributed by atoms with Crippen molar-refractivity contribution in [3.8, 4) is 0 Å². The van der Waals surface area contributed by atoms with E-state index in [9.17, 15) is 0 Å². The summed E-state index contributed by atoms with van der Waals surface area (Å²) in [6.07, 6.45) is -0.0371. The van der Waals surface area contributed by atoms with Gasteiger partial charge in [-0.25, -0.2) is 5.53 Å². The Hall–Kier alpha value is -1.42. The molecule has 2 N–H and O–H groups in total. The van der Waals surface area contributed by atoms with Gasteiger partial charge in [0.2, 0.25) is 0 Å². The van der Waals surface area contributed by atoms with Gasteiger partial charge in [0.1, 0.15) is 0 Å². The molecular formula is C8H10N4. The van der Waals surface area contributed by atoms with Crippen LogP contribution in [0.1, 0.15) is 17.3 Å². The minimum absolute atomic E-state index is 0.0371. The van der Waals surface area contributed by atoms with E-state index in [1.807, 2.05) is 12.1 Å². The molecule has 0 aromatic heterocycles. The third-order valence-corrected chi connectivity index (χ3v) is 1.78. The van der Waals surface area contributed by atoms with E-state index in [1.165, 1.54) is 5.56 Å². The van der Waals surface area contributed by atoms with E-state index in [1.54, 1.807) is 0 Å². The average Bonchev–Trinajstić information content (AvgIpc) is 2.56. The van der Waals surface area contributed by atoms with Crippen molar-refractivity contribution >= 4 is 0 Å². The van der Waals surface area contributed by atoms with Crippen LogP contribution in [0.5, 0.6) is 0 Å². The molecule has 0 saturated carbocycles. The highest BCUT2D eigenvalue weighted by atomic mass is 15.7. The summed E-state index contributed by atoms with van der Waals surface area (Å²) >= 11 is 0. The van der Waals surface area contributed by atoms with Gasteiger partial charge in [0, 0.05) is 0 Å². The van der Waals surface area contributed by atoms with E-state index in [0.29, 0.717) is 0 Å². The molecule has 1 heterocycles. The van der Waals surface area contributed by atoms with Crippen molar-refractivity contribution in [3.05, 3.63) is 35.4 Å². The number of hydrogen-bond donors (Lipinski definition) is 2. The summed E-state index contributed by atoms with van der Waals surface area (Å²) in [7, 11) is 0. The molecule has 0 amide bonds. The summed E-state index contributed by atoms with van der Waals surface area (Å²) in [5.74, 6) is 0. The van der Waals surface area contributed by atoms with Crippen molar-refractivity contribution in [2.75, 3.05) is 0 Å². The molecule has 0 spiro atoms. The SMILES string of the molecule is Cc1cccc(C2N=NNN2)c1. The van der Waals surface area contributed by atoms with Gasteiger partial charge in [-0.05, 0) is 12.5 Å². The lowest BCUT2D eigenvalue weighted by Crippen LogP contribution is -2.23. The molecule has 1 aromatic rings. The summed E-state index contributed by atoms with van der Waals surface area (Å²) in [5, 5.41) is 7.58. The maximum atomic E-state index is 3.95. The number of nitrogens with one attached hydrogen (secondary N) is 2. The number of nitrogens with zero attached hydrogens (tertiary/aromatic N) is 2. The van der Waals surface area contributed by atoms with E-state index in [4.69, 9.17) is 0 Å². The molecule has 1 aliphatic rings. The van der Waals surface area contributed by atoms with Crippen LogP contribution in [0.4, 0.5) is 0 Å². The fourth-order valence-corrected chi connectivity index (χ4v) is 1.20.